The molecule has 7 heteroatoms. The van der Waals surface area contributed by atoms with Gasteiger partial charge in [0.25, 0.3) is 0 Å². The van der Waals surface area contributed by atoms with Gasteiger partial charge in [-0.15, -0.1) is 0 Å². The van der Waals surface area contributed by atoms with Gasteiger partial charge in [0.2, 0.25) is 0 Å². The average Bonchev–Trinajstić information content (AvgIpc) is 2.60. The number of esters is 1. The van der Waals surface area contributed by atoms with Gasteiger partial charge >= 0.3 is 12.1 Å². The lowest BCUT2D eigenvalue weighted by molar-refractivity contribution is -0.140. The van der Waals surface area contributed by atoms with Crippen LogP contribution in [0, 0.1) is 0 Å². The first-order valence-electron chi connectivity index (χ1n) is 8.05. The Morgan fingerprint density at radius 3 is 2.73 bits per heavy atom. The van der Waals surface area contributed by atoms with Crippen molar-refractivity contribution in [3.63, 3.8) is 0 Å². The molecule has 2 rings (SSSR count). The molecule has 2 N–H and O–H groups in total. The number of aromatic hydroxyl groups is 1. The first-order valence-corrected chi connectivity index (χ1v) is 8.05. The lowest BCUT2D eigenvalue weighted by atomic mass is 10.1. The largest absolute Gasteiger partial charge is 0.508 e. The van der Waals surface area contributed by atoms with Gasteiger partial charge in [-0.25, -0.2) is 9.59 Å². The molecule has 0 spiro atoms. The van der Waals surface area contributed by atoms with E-state index in [2.05, 4.69) is 11.9 Å². The highest BCUT2D eigenvalue weighted by Crippen LogP contribution is 2.28. The fourth-order valence-corrected chi connectivity index (χ4v) is 2.11. The predicted molar refractivity (Wildman–Crippen MR) is 96.2 cm³/mol. The number of phenolic OH excluding ortho intramolecular Hbond substituents is 1. The van der Waals surface area contributed by atoms with E-state index >= 15 is 0 Å². The van der Waals surface area contributed by atoms with E-state index in [-0.39, 0.29) is 32.1 Å². The Morgan fingerprint density at radius 1 is 1.15 bits per heavy atom. The van der Waals surface area contributed by atoms with Gasteiger partial charge in [0, 0.05) is 17.5 Å². The zero-order valence-electron chi connectivity index (χ0n) is 14.5. The molecule has 0 aliphatic heterocycles. The molecule has 0 aliphatic rings. The molecule has 0 fully saturated rings. The van der Waals surface area contributed by atoms with E-state index in [1.165, 1.54) is 6.07 Å². The Kier molecular flexibility index (Phi) is 6.99. The van der Waals surface area contributed by atoms with Crippen molar-refractivity contribution in [2.75, 3.05) is 26.4 Å². The summed E-state index contributed by atoms with van der Waals surface area (Å²) in [5, 5.41) is 13.6. The third-order valence-electron chi connectivity index (χ3n) is 3.35. The van der Waals surface area contributed by atoms with Crippen LogP contribution in [0.3, 0.4) is 0 Å². The lowest BCUT2D eigenvalue weighted by Gasteiger charge is -2.10. The quantitative estimate of drug-likeness (QED) is 0.428. The summed E-state index contributed by atoms with van der Waals surface area (Å²) < 4.78 is 15.4. The van der Waals surface area contributed by atoms with E-state index in [1.807, 2.05) is 6.07 Å². The fourth-order valence-electron chi connectivity index (χ4n) is 2.11. The van der Waals surface area contributed by atoms with Crippen LogP contribution in [0.25, 0.3) is 10.8 Å². The van der Waals surface area contributed by atoms with Gasteiger partial charge in [-0.3, -0.25) is 0 Å². The van der Waals surface area contributed by atoms with Crippen LogP contribution < -0.4 is 10.1 Å². The van der Waals surface area contributed by atoms with E-state index in [1.54, 1.807) is 31.2 Å². The molecule has 0 aromatic heterocycles. The van der Waals surface area contributed by atoms with Crippen molar-refractivity contribution in [2.45, 2.75) is 6.92 Å². The summed E-state index contributed by atoms with van der Waals surface area (Å²) in [5.41, 5.74) is 0.332. The second-order valence-electron chi connectivity index (χ2n) is 5.51. The number of carbonyl (C=O) groups excluding carboxylic acids is 2. The van der Waals surface area contributed by atoms with Crippen LogP contribution in [0.4, 0.5) is 4.79 Å². The maximum atomic E-state index is 11.9. The molecule has 0 saturated carbocycles. The smallest absolute Gasteiger partial charge is 0.412 e. The predicted octanol–water partition coefficient (Wildman–Crippen LogP) is 2.77. The summed E-state index contributed by atoms with van der Waals surface area (Å²) in [6.45, 7) is 5.89. The molecule has 138 valence electrons. The summed E-state index contributed by atoms with van der Waals surface area (Å²) in [7, 11) is 0. The Hall–Kier alpha value is -3.06. The van der Waals surface area contributed by atoms with Crippen LogP contribution >= 0.6 is 0 Å². The van der Waals surface area contributed by atoms with Crippen molar-refractivity contribution in [3.8, 4) is 11.5 Å². The Morgan fingerprint density at radius 2 is 1.96 bits per heavy atom. The van der Waals surface area contributed by atoms with Gasteiger partial charge in [0.1, 0.15) is 18.1 Å². The van der Waals surface area contributed by atoms with E-state index in [4.69, 9.17) is 14.2 Å². The van der Waals surface area contributed by atoms with Crippen molar-refractivity contribution in [3.05, 3.63) is 48.6 Å². The minimum Gasteiger partial charge on any atom is -0.508 e. The number of fused-ring (bicyclic) bond motifs is 1. The SMILES string of the molecule is C=C(C)C(=O)OCCOCCNC(=O)Oc1cccc2cc(O)ccc12. The van der Waals surface area contributed by atoms with E-state index < -0.39 is 12.1 Å². The molecule has 0 unspecified atom stereocenters. The number of rotatable bonds is 8. The van der Waals surface area contributed by atoms with Gasteiger partial charge in [-0.2, -0.15) is 0 Å². The topological polar surface area (TPSA) is 94.1 Å². The van der Waals surface area contributed by atoms with Gasteiger partial charge in [-0.1, -0.05) is 18.7 Å². The number of benzene rings is 2. The monoisotopic (exact) mass is 359 g/mol. The fraction of sp³-hybridized carbons (Fsp3) is 0.263. The molecule has 0 aliphatic carbocycles. The zero-order chi connectivity index (χ0) is 18.9. The molecule has 0 saturated heterocycles. The molecule has 0 bridgehead atoms. The minimum absolute atomic E-state index is 0.124. The Balaban J connectivity index is 1.70. The molecule has 0 atom stereocenters. The Bertz CT molecular complexity index is 802. The van der Waals surface area contributed by atoms with Crippen LogP contribution in [0.15, 0.2) is 48.6 Å². The highest BCUT2D eigenvalue weighted by molar-refractivity contribution is 5.91. The van der Waals surface area contributed by atoms with E-state index in [0.717, 1.165) is 10.8 Å². The van der Waals surface area contributed by atoms with Crippen LogP contribution in [0.5, 0.6) is 11.5 Å². The van der Waals surface area contributed by atoms with Crippen LogP contribution in [0.1, 0.15) is 6.92 Å². The van der Waals surface area contributed by atoms with Crippen molar-refractivity contribution in [1.82, 2.24) is 5.32 Å². The summed E-state index contributed by atoms with van der Waals surface area (Å²) in [6, 6.07) is 10.0. The van der Waals surface area contributed by atoms with Crippen LogP contribution in [-0.2, 0) is 14.3 Å². The molecular weight excluding hydrogens is 338 g/mol. The average molecular weight is 359 g/mol. The van der Waals surface area contributed by atoms with Gasteiger partial charge in [-0.05, 0) is 36.6 Å². The number of ether oxygens (including phenoxy) is 3. The summed E-state index contributed by atoms with van der Waals surface area (Å²) in [4.78, 5) is 23.0. The number of carbonyl (C=O) groups is 2. The third-order valence-corrected chi connectivity index (χ3v) is 3.35. The normalized spacial score (nSPS) is 10.3. The first-order chi connectivity index (χ1) is 12.5. The molecule has 26 heavy (non-hydrogen) atoms. The minimum atomic E-state index is -0.608. The lowest BCUT2D eigenvalue weighted by Crippen LogP contribution is -2.30. The zero-order valence-corrected chi connectivity index (χ0v) is 14.5. The molecule has 2 aromatic rings. The summed E-state index contributed by atoms with van der Waals surface area (Å²) >= 11 is 0. The van der Waals surface area contributed by atoms with Crippen LogP contribution in [0.2, 0.25) is 0 Å². The van der Waals surface area contributed by atoms with Crippen molar-refractivity contribution in [1.29, 1.82) is 0 Å². The molecule has 2 aromatic carbocycles. The van der Waals surface area contributed by atoms with Crippen molar-refractivity contribution < 1.29 is 28.9 Å². The number of hydrogen-bond donors (Lipinski definition) is 2. The molecule has 1 amide bonds. The number of nitrogens with one attached hydrogen (secondary N) is 1. The number of hydrogen-bond acceptors (Lipinski definition) is 6. The highest BCUT2D eigenvalue weighted by Gasteiger charge is 2.08. The van der Waals surface area contributed by atoms with Crippen molar-refractivity contribution in [2.24, 2.45) is 0 Å². The molecule has 7 nitrogen and oxygen atoms in total. The maximum absolute atomic E-state index is 11.9. The van der Waals surface area contributed by atoms with E-state index in [9.17, 15) is 14.7 Å². The molecular formula is C19H21NO6. The standard InChI is InChI=1S/C19H21NO6/c1-13(2)18(22)25-11-10-24-9-8-20-19(23)26-17-5-3-4-14-12-15(21)6-7-16(14)17/h3-7,12,21H,1,8-11H2,2H3,(H,20,23). The van der Waals surface area contributed by atoms with Gasteiger partial charge in [0.05, 0.1) is 13.2 Å². The van der Waals surface area contributed by atoms with Gasteiger partial charge < -0.3 is 24.6 Å². The van der Waals surface area contributed by atoms with Gasteiger partial charge in [0.15, 0.2) is 0 Å². The van der Waals surface area contributed by atoms with Crippen molar-refractivity contribution >= 4 is 22.8 Å². The maximum Gasteiger partial charge on any atom is 0.412 e. The second kappa shape index (κ2) is 9.43. The third kappa shape index (κ3) is 5.78. The number of phenols is 1. The number of amides is 1. The highest BCUT2D eigenvalue weighted by atomic mass is 16.6. The second-order valence-corrected chi connectivity index (χ2v) is 5.51. The summed E-state index contributed by atoms with van der Waals surface area (Å²) in [5.74, 6) is 0.0801. The molecule has 0 radical (unpaired) electrons. The Labute approximate surface area is 151 Å². The molecule has 0 heterocycles. The summed E-state index contributed by atoms with van der Waals surface area (Å²) in [6.07, 6.45) is -0.608. The van der Waals surface area contributed by atoms with Crippen LogP contribution in [-0.4, -0.2) is 43.5 Å². The first kappa shape index (κ1) is 19.3. The van der Waals surface area contributed by atoms with E-state index in [0.29, 0.717) is 11.3 Å².